The van der Waals surface area contributed by atoms with Gasteiger partial charge in [0, 0.05) is 15.6 Å². The second-order valence-electron chi connectivity index (χ2n) is 5.81. The van der Waals surface area contributed by atoms with Gasteiger partial charge in [0.25, 0.3) is 0 Å². The van der Waals surface area contributed by atoms with E-state index in [1.807, 2.05) is 0 Å². The van der Waals surface area contributed by atoms with Gasteiger partial charge < -0.3 is 9.55 Å². The highest BCUT2D eigenvalue weighted by atomic mass is 35.5. The number of fused-ring (bicyclic) bond motifs is 1. The number of aromatic amines is 1. The molecule has 9 heteroatoms. The van der Waals surface area contributed by atoms with Gasteiger partial charge in [0.15, 0.2) is 22.8 Å². The number of halogens is 4. The van der Waals surface area contributed by atoms with E-state index in [2.05, 4.69) is 15.0 Å². The number of aromatic nitrogens is 4. The lowest BCUT2D eigenvalue weighted by Crippen LogP contribution is -2.13. The van der Waals surface area contributed by atoms with Crippen LogP contribution in [0.4, 0.5) is 8.78 Å². The van der Waals surface area contributed by atoms with Crippen molar-refractivity contribution in [1.82, 2.24) is 19.5 Å². The molecule has 5 nitrogen and oxygen atoms in total. The minimum Gasteiger partial charge on any atom is -0.333 e. The van der Waals surface area contributed by atoms with Crippen LogP contribution in [0, 0.1) is 17.0 Å². The first-order chi connectivity index (χ1) is 13.0. The molecule has 0 aliphatic heterocycles. The van der Waals surface area contributed by atoms with E-state index < -0.39 is 11.6 Å². The lowest BCUT2D eigenvalue weighted by atomic mass is 10.2. The van der Waals surface area contributed by atoms with Gasteiger partial charge in [-0.25, -0.2) is 18.7 Å². The Balaban J connectivity index is 1.89. The third kappa shape index (κ3) is 3.09. The number of imidazole rings is 1. The van der Waals surface area contributed by atoms with Crippen molar-refractivity contribution in [2.75, 3.05) is 0 Å². The molecule has 0 radical (unpaired) electrons. The third-order valence-electron chi connectivity index (χ3n) is 4.12. The molecule has 4 aromatic rings. The van der Waals surface area contributed by atoms with E-state index in [1.54, 1.807) is 22.8 Å². The highest BCUT2D eigenvalue weighted by molar-refractivity contribution is 6.36. The highest BCUT2D eigenvalue weighted by Gasteiger charge is 2.16. The lowest BCUT2D eigenvalue weighted by molar-refractivity contribution is 0.510. The van der Waals surface area contributed by atoms with Gasteiger partial charge in [-0.15, -0.1) is 0 Å². The van der Waals surface area contributed by atoms with Crippen molar-refractivity contribution in [3.05, 3.63) is 75.5 Å². The standard InChI is InChI=1S/C18H11Cl2F2N5/c19-11-4-2-5-12(20)10(11)7-27-8-24-16(23)15-18(27)26-17(25-15)9-3-1-6-13(21)14(9)22/h1-6,8,23H,7H2,(H,25,26). The van der Waals surface area contributed by atoms with E-state index in [1.165, 1.54) is 18.5 Å². The summed E-state index contributed by atoms with van der Waals surface area (Å²) >= 11 is 12.5. The number of nitrogens with one attached hydrogen (secondary N) is 2. The third-order valence-corrected chi connectivity index (χ3v) is 4.82. The summed E-state index contributed by atoms with van der Waals surface area (Å²) in [6.45, 7) is 0.248. The van der Waals surface area contributed by atoms with Crippen LogP contribution in [0.2, 0.25) is 10.0 Å². The molecule has 0 saturated carbocycles. The van der Waals surface area contributed by atoms with E-state index in [0.29, 0.717) is 26.8 Å². The van der Waals surface area contributed by atoms with Crippen LogP contribution in [0.3, 0.4) is 0 Å². The Morgan fingerprint density at radius 1 is 1.07 bits per heavy atom. The fourth-order valence-corrected chi connectivity index (χ4v) is 3.28. The zero-order valence-corrected chi connectivity index (χ0v) is 15.1. The summed E-state index contributed by atoms with van der Waals surface area (Å²) in [4.78, 5) is 11.2. The van der Waals surface area contributed by atoms with E-state index in [0.717, 1.165) is 6.07 Å². The number of hydrogen-bond acceptors (Lipinski definition) is 3. The van der Waals surface area contributed by atoms with Crippen molar-refractivity contribution >= 4 is 34.4 Å². The Morgan fingerprint density at radius 3 is 2.52 bits per heavy atom. The van der Waals surface area contributed by atoms with Gasteiger partial charge in [0.2, 0.25) is 0 Å². The molecule has 0 bridgehead atoms. The number of benzene rings is 2. The van der Waals surface area contributed by atoms with Gasteiger partial charge in [0.05, 0.1) is 18.4 Å². The van der Waals surface area contributed by atoms with E-state index in [4.69, 9.17) is 28.6 Å². The number of nitrogens with zero attached hydrogens (tertiary/aromatic N) is 3. The monoisotopic (exact) mass is 405 g/mol. The first-order valence-corrected chi connectivity index (χ1v) is 8.58. The lowest BCUT2D eigenvalue weighted by Gasteiger charge is -2.10. The molecule has 0 atom stereocenters. The Morgan fingerprint density at radius 2 is 1.78 bits per heavy atom. The fourth-order valence-electron chi connectivity index (χ4n) is 2.77. The maximum Gasteiger partial charge on any atom is 0.173 e. The Hall–Kier alpha value is -2.77. The average molecular weight is 406 g/mol. The normalized spacial score (nSPS) is 11.3. The smallest absolute Gasteiger partial charge is 0.173 e. The van der Waals surface area contributed by atoms with Crippen LogP contribution in [0.25, 0.3) is 22.6 Å². The molecule has 2 N–H and O–H groups in total. The predicted octanol–water partition coefficient (Wildman–Crippen LogP) is 4.54. The van der Waals surface area contributed by atoms with Crippen LogP contribution < -0.4 is 5.49 Å². The van der Waals surface area contributed by atoms with Crippen LogP contribution in [0.15, 0.2) is 42.7 Å². The zero-order valence-electron chi connectivity index (χ0n) is 13.6. The molecule has 2 aromatic heterocycles. The SMILES string of the molecule is N=c1ncn(Cc2c(Cl)cccc2Cl)c2nc(-c3cccc(F)c3F)[nH]c12. The molecule has 27 heavy (non-hydrogen) atoms. The summed E-state index contributed by atoms with van der Waals surface area (Å²) in [5.74, 6) is -1.90. The Labute approximate surface area is 161 Å². The molecule has 0 aliphatic carbocycles. The molecule has 0 fully saturated rings. The molecule has 4 rings (SSSR count). The van der Waals surface area contributed by atoms with E-state index >= 15 is 0 Å². The van der Waals surface area contributed by atoms with Crippen molar-refractivity contribution < 1.29 is 8.78 Å². The summed E-state index contributed by atoms with van der Waals surface area (Å²) in [5, 5.41) is 8.93. The molecule has 136 valence electrons. The highest BCUT2D eigenvalue weighted by Crippen LogP contribution is 2.27. The maximum atomic E-state index is 14.1. The molecule has 0 aliphatic rings. The average Bonchev–Trinajstić information content (AvgIpc) is 3.08. The summed E-state index contributed by atoms with van der Waals surface area (Å²) in [5.41, 5.74) is 1.20. The summed E-state index contributed by atoms with van der Waals surface area (Å²) in [6, 6.07) is 8.98. The number of hydrogen-bond donors (Lipinski definition) is 2. The molecule has 0 unspecified atom stereocenters. The summed E-state index contributed by atoms with van der Waals surface area (Å²) in [6.07, 6.45) is 1.43. The van der Waals surface area contributed by atoms with Crippen molar-refractivity contribution in [2.24, 2.45) is 0 Å². The Bertz CT molecular complexity index is 1210. The van der Waals surface area contributed by atoms with Crippen LogP contribution >= 0.6 is 23.2 Å². The second-order valence-corrected chi connectivity index (χ2v) is 6.62. The molecule has 0 saturated heterocycles. The second kappa shape index (κ2) is 6.75. The van der Waals surface area contributed by atoms with Gasteiger partial charge in [-0.05, 0) is 24.3 Å². The molecule has 0 spiro atoms. The van der Waals surface area contributed by atoms with Crippen LogP contribution in [-0.4, -0.2) is 19.5 Å². The van der Waals surface area contributed by atoms with Crippen LogP contribution in [-0.2, 0) is 6.54 Å². The van der Waals surface area contributed by atoms with Crippen LogP contribution in [0.1, 0.15) is 5.56 Å². The van der Waals surface area contributed by atoms with Crippen molar-refractivity contribution in [3.8, 4) is 11.4 Å². The van der Waals surface area contributed by atoms with Gasteiger partial charge >= 0.3 is 0 Å². The molecule has 0 amide bonds. The van der Waals surface area contributed by atoms with Crippen LogP contribution in [0.5, 0.6) is 0 Å². The first-order valence-electron chi connectivity index (χ1n) is 7.82. The molecular formula is C18H11Cl2F2N5. The largest absolute Gasteiger partial charge is 0.333 e. The number of rotatable bonds is 3. The maximum absolute atomic E-state index is 14.1. The minimum atomic E-state index is -1.02. The van der Waals surface area contributed by atoms with Crippen molar-refractivity contribution in [3.63, 3.8) is 0 Å². The topological polar surface area (TPSA) is 70.3 Å². The molecular weight excluding hydrogens is 395 g/mol. The summed E-state index contributed by atoms with van der Waals surface area (Å²) in [7, 11) is 0. The van der Waals surface area contributed by atoms with Gasteiger partial charge in [-0.2, -0.15) is 0 Å². The predicted molar refractivity (Wildman–Crippen MR) is 98.6 cm³/mol. The minimum absolute atomic E-state index is 0.0343. The van der Waals surface area contributed by atoms with Crippen molar-refractivity contribution in [2.45, 2.75) is 6.54 Å². The molecule has 2 heterocycles. The fraction of sp³-hybridized carbons (Fsp3) is 0.0556. The first kappa shape index (κ1) is 17.6. The van der Waals surface area contributed by atoms with E-state index in [9.17, 15) is 8.78 Å². The van der Waals surface area contributed by atoms with Gasteiger partial charge in [-0.1, -0.05) is 35.3 Å². The summed E-state index contributed by atoms with van der Waals surface area (Å²) < 4.78 is 29.3. The van der Waals surface area contributed by atoms with Gasteiger partial charge in [0.1, 0.15) is 11.3 Å². The quantitative estimate of drug-likeness (QED) is 0.525. The Kier molecular flexibility index (Phi) is 4.41. The van der Waals surface area contributed by atoms with Gasteiger partial charge in [-0.3, -0.25) is 5.41 Å². The van der Waals surface area contributed by atoms with Crippen molar-refractivity contribution in [1.29, 1.82) is 5.41 Å². The zero-order chi connectivity index (χ0) is 19.1. The molecule has 2 aromatic carbocycles. The number of H-pyrrole nitrogens is 1. The van der Waals surface area contributed by atoms with E-state index in [-0.39, 0.29) is 23.4 Å².